The van der Waals surface area contributed by atoms with Gasteiger partial charge in [0.25, 0.3) is 0 Å². The molecule has 1 aliphatic carbocycles. The molecule has 1 saturated carbocycles. The Hall–Kier alpha value is -0.830. The SMILES string of the molecule is COC1CCC(Nc2[nH+]c(N)nc(C3C[I-]3)c2N)CC1. The average Bonchev–Trinajstić information content (AvgIpc) is 3.28. The fourth-order valence-corrected chi connectivity index (χ4v) is 4.30. The van der Waals surface area contributed by atoms with Crippen LogP contribution in [0.1, 0.15) is 35.3 Å². The summed E-state index contributed by atoms with van der Waals surface area (Å²) in [6.45, 7) is 0. The molecule has 7 heteroatoms. The third kappa shape index (κ3) is 3.08. The van der Waals surface area contributed by atoms with Gasteiger partial charge in [0.1, 0.15) is 0 Å². The number of halogens is 1. The van der Waals surface area contributed by atoms with Crippen molar-refractivity contribution in [3.8, 4) is 0 Å². The van der Waals surface area contributed by atoms with E-state index in [9.17, 15) is 0 Å². The number of hydrogen-bond acceptors (Lipinski definition) is 5. The maximum atomic E-state index is 6.24. The summed E-state index contributed by atoms with van der Waals surface area (Å²) >= 11 is 0.268. The summed E-state index contributed by atoms with van der Waals surface area (Å²) in [6, 6.07) is 0.434. The van der Waals surface area contributed by atoms with Crippen LogP contribution in [0.5, 0.6) is 0 Å². The molecule has 0 spiro atoms. The molecule has 0 amide bonds. The molecule has 3 rings (SSSR count). The second-order valence-corrected chi connectivity index (χ2v) is 8.69. The van der Waals surface area contributed by atoms with Crippen LogP contribution in [0, 0.1) is 0 Å². The van der Waals surface area contributed by atoms with Gasteiger partial charge in [0.15, 0.2) is 0 Å². The molecule has 20 heavy (non-hydrogen) atoms. The van der Waals surface area contributed by atoms with Gasteiger partial charge >= 0.3 is 129 Å². The number of nitrogens with zero attached hydrogens (tertiary/aromatic N) is 1. The first-order chi connectivity index (χ1) is 9.67. The van der Waals surface area contributed by atoms with Gasteiger partial charge < -0.3 is 0 Å². The van der Waals surface area contributed by atoms with E-state index in [-0.39, 0.29) is 21.2 Å². The van der Waals surface area contributed by atoms with Gasteiger partial charge in [-0.25, -0.2) is 0 Å². The number of methoxy groups -OCH3 is 1. The van der Waals surface area contributed by atoms with E-state index in [0.717, 1.165) is 42.9 Å². The Morgan fingerprint density at radius 3 is 2.60 bits per heavy atom. The predicted octanol–water partition coefficient (Wildman–Crippen LogP) is -2.43. The molecule has 6 N–H and O–H groups in total. The van der Waals surface area contributed by atoms with Gasteiger partial charge in [-0.05, 0) is 0 Å². The van der Waals surface area contributed by atoms with Crippen LogP contribution in [0.25, 0.3) is 0 Å². The number of nitrogens with two attached hydrogens (primary N) is 2. The van der Waals surface area contributed by atoms with Gasteiger partial charge in [-0.2, -0.15) is 0 Å². The number of alkyl halides is 2. The number of hydrogen-bond donors (Lipinski definition) is 3. The molecule has 2 heterocycles. The first kappa shape index (κ1) is 14.1. The molecule has 1 unspecified atom stereocenters. The molecule has 112 valence electrons. The van der Waals surface area contributed by atoms with Crippen molar-refractivity contribution in [1.82, 2.24) is 4.98 Å². The van der Waals surface area contributed by atoms with Crippen LogP contribution < -0.4 is 43.0 Å². The van der Waals surface area contributed by atoms with Crippen LogP contribution in [0.15, 0.2) is 0 Å². The Bertz CT molecular complexity index is 486. The van der Waals surface area contributed by atoms with Crippen LogP contribution in [-0.4, -0.2) is 28.7 Å². The number of rotatable bonds is 4. The van der Waals surface area contributed by atoms with Crippen molar-refractivity contribution in [1.29, 1.82) is 0 Å². The zero-order chi connectivity index (χ0) is 14.1. The molecule has 2 aliphatic rings. The molecule has 0 aromatic carbocycles. The van der Waals surface area contributed by atoms with Gasteiger partial charge in [-0.1, -0.05) is 0 Å². The van der Waals surface area contributed by atoms with Gasteiger partial charge in [0.05, 0.1) is 0 Å². The van der Waals surface area contributed by atoms with Crippen molar-refractivity contribution in [3.05, 3.63) is 5.69 Å². The van der Waals surface area contributed by atoms with Gasteiger partial charge in [0, 0.05) is 0 Å². The van der Waals surface area contributed by atoms with Crippen LogP contribution in [0.4, 0.5) is 17.5 Å². The summed E-state index contributed by atoms with van der Waals surface area (Å²) in [6.07, 6.45) is 4.79. The standard InChI is InChI=1S/C13H21IN5O/c1-20-8-4-2-7(3-5-8)17-12-10(15)11(9-6-14-9)18-13(16)19-12/h7-9H,2-6,15H2,1H3,(H3,16,17,18,19)/q-1/p+1. The van der Waals surface area contributed by atoms with Crippen molar-refractivity contribution in [2.24, 2.45) is 0 Å². The van der Waals surface area contributed by atoms with Crippen LogP contribution >= 0.6 is 0 Å². The van der Waals surface area contributed by atoms with Crippen molar-refractivity contribution >= 4 is 17.5 Å². The second-order valence-electron chi connectivity index (χ2n) is 5.43. The van der Waals surface area contributed by atoms with Crippen LogP contribution in [0.3, 0.4) is 0 Å². The Balaban J connectivity index is 1.71. The van der Waals surface area contributed by atoms with Gasteiger partial charge in [-0.3, -0.25) is 0 Å². The Morgan fingerprint density at radius 2 is 2.00 bits per heavy atom. The monoisotopic (exact) mass is 391 g/mol. The molecule has 6 nitrogen and oxygen atoms in total. The van der Waals surface area contributed by atoms with Crippen molar-refractivity contribution in [3.63, 3.8) is 0 Å². The van der Waals surface area contributed by atoms with E-state index >= 15 is 0 Å². The maximum absolute atomic E-state index is 6.24. The van der Waals surface area contributed by atoms with E-state index in [1.807, 2.05) is 0 Å². The van der Waals surface area contributed by atoms with E-state index in [1.165, 1.54) is 4.43 Å². The van der Waals surface area contributed by atoms with Gasteiger partial charge in [0.2, 0.25) is 0 Å². The molecule has 1 aliphatic heterocycles. The molecule has 1 aromatic rings. The topological polar surface area (TPSA) is 100 Å². The third-order valence-corrected chi connectivity index (χ3v) is 6.35. The minimum atomic E-state index is 0.268. The zero-order valence-electron chi connectivity index (χ0n) is 11.7. The molecule has 1 atom stereocenters. The van der Waals surface area contributed by atoms with Crippen molar-refractivity contribution in [2.45, 2.75) is 41.8 Å². The third-order valence-electron chi connectivity index (χ3n) is 4.00. The molecule has 0 bridgehead atoms. The Kier molecular flexibility index (Phi) is 4.16. The van der Waals surface area contributed by atoms with Gasteiger partial charge in [-0.15, -0.1) is 0 Å². The fraction of sp³-hybridized carbons (Fsp3) is 0.692. The molecule has 2 fully saturated rings. The summed E-state index contributed by atoms with van der Waals surface area (Å²) in [5.74, 6) is 1.31. The summed E-state index contributed by atoms with van der Waals surface area (Å²) in [5.41, 5.74) is 13.9. The Labute approximate surface area is 129 Å². The zero-order valence-corrected chi connectivity index (χ0v) is 13.8. The van der Waals surface area contributed by atoms with E-state index in [4.69, 9.17) is 16.2 Å². The molecular formula is C13H22IN5O. The van der Waals surface area contributed by atoms with Crippen LogP contribution in [0.2, 0.25) is 0 Å². The number of aromatic nitrogens is 2. The molecular weight excluding hydrogens is 369 g/mol. The number of nitrogen functional groups attached to an aromatic ring is 2. The average molecular weight is 391 g/mol. The quantitative estimate of drug-likeness (QED) is 0.392. The summed E-state index contributed by atoms with van der Waals surface area (Å²) in [4.78, 5) is 7.46. The van der Waals surface area contributed by atoms with Crippen molar-refractivity contribution < 1.29 is 30.9 Å². The summed E-state index contributed by atoms with van der Waals surface area (Å²) in [7, 11) is 1.79. The number of nitrogens with one attached hydrogen (secondary N) is 2. The van der Waals surface area contributed by atoms with Crippen LogP contribution in [-0.2, 0) is 4.74 Å². The number of aromatic amines is 1. The summed E-state index contributed by atoms with van der Waals surface area (Å²) < 4.78 is 7.29. The molecule has 1 saturated heterocycles. The fourth-order valence-electron chi connectivity index (χ4n) is 2.73. The number of anilines is 3. The Morgan fingerprint density at radius 1 is 1.30 bits per heavy atom. The molecule has 0 radical (unpaired) electrons. The predicted molar refractivity (Wildman–Crippen MR) is 73.9 cm³/mol. The second kappa shape index (κ2) is 5.88. The number of H-pyrrole nitrogens is 1. The van der Waals surface area contributed by atoms with Crippen molar-refractivity contribution in [2.75, 3.05) is 28.3 Å². The number of ether oxygens (including phenoxy) is 1. The van der Waals surface area contributed by atoms with E-state index < -0.39 is 0 Å². The van der Waals surface area contributed by atoms with E-state index in [0.29, 0.717) is 22.0 Å². The first-order valence-corrected chi connectivity index (χ1v) is 9.79. The molecule has 1 aromatic heterocycles. The van der Waals surface area contributed by atoms with E-state index in [1.54, 1.807) is 7.11 Å². The first-order valence-electron chi connectivity index (χ1n) is 7.02. The normalized spacial score (nSPS) is 29.6. The summed E-state index contributed by atoms with van der Waals surface area (Å²) in [5, 5.41) is 3.51. The minimum absolute atomic E-state index is 0.268. The van der Waals surface area contributed by atoms with E-state index in [2.05, 4.69) is 15.3 Å².